The first kappa shape index (κ1) is 12.9. The molecule has 1 aromatic rings. The largest absolute Gasteiger partial charge is 0.493 e. The zero-order valence-electron chi connectivity index (χ0n) is 11.7. The van der Waals surface area contributed by atoms with Crippen molar-refractivity contribution in [2.75, 3.05) is 32.9 Å². The van der Waals surface area contributed by atoms with E-state index >= 15 is 0 Å². The molecule has 3 rings (SSSR count). The van der Waals surface area contributed by atoms with Crippen molar-refractivity contribution in [3.8, 4) is 5.75 Å². The third-order valence-corrected chi connectivity index (χ3v) is 4.41. The molecule has 104 valence electrons. The standard InChI is InChI=1S/C16H23NO2/c1-2-17-11-16(7-8-18-12-16)9-13-10-19-15-6-4-3-5-14(13)15/h3-6,13,17H,2,7-12H2,1H3. The molecule has 0 radical (unpaired) electrons. The van der Waals surface area contributed by atoms with E-state index in [0.717, 1.165) is 45.1 Å². The molecule has 0 saturated carbocycles. The Morgan fingerprint density at radius 1 is 1.37 bits per heavy atom. The Kier molecular flexibility index (Phi) is 3.76. The summed E-state index contributed by atoms with van der Waals surface area (Å²) in [5, 5.41) is 3.51. The van der Waals surface area contributed by atoms with Crippen molar-refractivity contribution in [1.82, 2.24) is 5.32 Å². The van der Waals surface area contributed by atoms with Crippen molar-refractivity contribution in [3.05, 3.63) is 29.8 Å². The molecule has 1 N–H and O–H groups in total. The highest BCUT2D eigenvalue weighted by Gasteiger charge is 2.39. The van der Waals surface area contributed by atoms with Gasteiger partial charge in [-0.1, -0.05) is 25.1 Å². The van der Waals surface area contributed by atoms with E-state index in [9.17, 15) is 0 Å². The second kappa shape index (κ2) is 5.51. The van der Waals surface area contributed by atoms with Crippen LogP contribution in [0, 0.1) is 5.41 Å². The van der Waals surface area contributed by atoms with Crippen LogP contribution in [0.5, 0.6) is 5.75 Å². The molecule has 0 amide bonds. The zero-order chi connectivity index (χ0) is 13.1. The zero-order valence-corrected chi connectivity index (χ0v) is 11.7. The maximum absolute atomic E-state index is 5.81. The van der Waals surface area contributed by atoms with E-state index in [0.29, 0.717) is 11.3 Å². The van der Waals surface area contributed by atoms with Crippen molar-refractivity contribution in [3.63, 3.8) is 0 Å². The first-order valence-electron chi connectivity index (χ1n) is 7.33. The Labute approximate surface area is 115 Å². The smallest absolute Gasteiger partial charge is 0.122 e. The summed E-state index contributed by atoms with van der Waals surface area (Å²) in [6.45, 7) is 6.87. The second-order valence-electron chi connectivity index (χ2n) is 5.83. The van der Waals surface area contributed by atoms with Gasteiger partial charge in [-0.2, -0.15) is 0 Å². The van der Waals surface area contributed by atoms with Crippen molar-refractivity contribution in [1.29, 1.82) is 0 Å². The third kappa shape index (κ3) is 2.63. The minimum Gasteiger partial charge on any atom is -0.493 e. The normalized spacial score (nSPS) is 29.2. The molecule has 0 bridgehead atoms. The second-order valence-corrected chi connectivity index (χ2v) is 5.83. The molecule has 2 aliphatic rings. The molecule has 1 fully saturated rings. The lowest BCUT2D eigenvalue weighted by Crippen LogP contribution is -2.36. The number of fused-ring (bicyclic) bond motifs is 1. The maximum atomic E-state index is 5.81. The minimum atomic E-state index is 0.293. The maximum Gasteiger partial charge on any atom is 0.122 e. The van der Waals surface area contributed by atoms with Crippen LogP contribution in [0.3, 0.4) is 0 Å². The van der Waals surface area contributed by atoms with Crippen LogP contribution in [-0.4, -0.2) is 32.9 Å². The van der Waals surface area contributed by atoms with Gasteiger partial charge in [0, 0.05) is 30.0 Å². The summed E-state index contributed by atoms with van der Waals surface area (Å²) < 4.78 is 11.5. The Morgan fingerprint density at radius 3 is 3.05 bits per heavy atom. The van der Waals surface area contributed by atoms with Gasteiger partial charge in [0.1, 0.15) is 5.75 Å². The van der Waals surface area contributed by atoms with E-state index in [1.54, 1.807) is 0 Å². The number of nitrogens with one attached hydrogen (secondary N) is 1. The topological polar surface area (TPSA) is 30.5 Å². The summed E-state index contributed by atoms with van der Waals surface area (Å²) >= 11 is 0. The lowest BCUT2D eigenvalue weighted by atomic mass is 9.77. The molecule has 2 unspecified atom stereocenters. The molecule has 3 heteroatoms. The van der Waals surface area contributed by atoms with Crippen LogP contribution in [0.15, 0.2) is 24.3 Å². The molecule has 2 atom stereocenters. The molecule has 2 heterocycles. The lowest BCUT2D eigenvalue weighted by Gasteiger charge is -2.30. The molecule has 1 saturated heterocycles. The first-order valence-corrected chi connectivity index (χ1v) is 7.33. The monoisotopic (exact) mass is 261 g/mol. The Morgan fingerprint density at radius 2 is 2.26 bits per heavy atom. The average molecular weight is 261 g/mol. The van der Waals surface area contributed by atoms with Gasteiger partial charge in [0.2, 0.25) is 0 Å². The van der Waals surface area contributed by atoms with Gasteiger partial charge in [-0.25, -0.2) is 0 Å². The van der Waals surface area contributed by atoms with E-state index in [4.69, 9.17) is 9.47 Å². The van der Waals surface area contributed by atoms with Crippen LogP contribution in [0.1, 0.15) is 31.2 Å². The first-order chi connectivity index (χ1) is 9.33. The summed E-state index contributed by atoms with van der Waals surface area (Å²) in [6.07, 6.45) is 2.33. The van der Waals surface area contributed by atoms with E-state index in [1.165, 1.54) is 12.0 Å². The Bertz CT molecular complexity index is 427. The van der Waals surface area contributed by atoms with Gasteiger partial charge in [-0.05, 0) is 25.5 Å². The third-order valence-electron chi connectivity index (χ3n) is 4.41. The van der Waals surface area contributed by atoms with Gasteiger partial charge < -0.3 is 14.8 Å². The molecule has 1 aromatic carbocycles. The summed E-state index contributed by atoms with van der Waals surface area (Å²) in [5.74, 6) is 1.60. The fourth-order valence-electron chi connectivity index (χ4n) is 3.33. The van der Waals surface area contributed by atoms with E-state index in [2.05, 4.69) is 30.4 Å². The van der Waals surface area contributed by atoms with E-state index in [-0.39, 0.29) is 0 Å². The van der Waals surface area contributed by atoms with Crippen molar-refractivity contribution >= 4 is 0 Å². The lowest BCUT2D eigenvalue weighted by molar-refractivity contribution is 0.135. The highest BCUT2D eigenvalue weighted by atomic mass is 16.5. The predicted octanol–water partition coefficient (Wildman–Crippen LogP) is 2.57. The minimum absolute atomic E-state index is 0.293. The highest BCUT2D eigenvalue weighted by molar-refractivity contribution is 5.39. The predicted molar refractivity (Wildman–Crippen MR) is 75.7 cm³/mol. The van der Waals surface area contributed by atoms with Crippen molar-refractivity contribution < 1.29 is 9.47 Å². The van der Waals surface area contributed by atoms with Crippen LogP contribution in [-0.2, 0) is 4.74 Å². The van der Waals surface area contributed by atoms with Gasteiger partial charge in [-0.15, -0.1) is 0 Å². The molecule has 0 spiro atoms. The number of ether oxygens (including phenoxy) is 2. The van der Waals surface area contributed by atoms with Gasteiger partial charge in [0.15, 0.2) is 0 Å². The van der Waals surface area contributed by atoms with Crippen molar-refractivity contribution in [2.45, 2.75) is 25.7 Å². The van der Waals surface area contributed by atoms with Crippen LogP contribution in [0.4, 0.5) is 0 Å². The van der Waals surface area contributed by atoms with E-state index < -0.39 is 0 Å². The summed E-state index contributed by atoms with van der Waals surface area (Å²) in [5.41, 5.74) is 1.67. The Balaban J connectivity index is 1.73. The van der Waals surface area contributed by atoms with Crippen molar-refractivity contribution in [2.24, 2.45) is 5.41 Å². The highest BCUT2D eigenvalue weighted by Crippen LogP contribution is 2.43. The van der Waals surface area contributed by atoms with Gasteiger partial charge >= 0.3 is 0 Å². The Hall–Kier alpha value is -1.06. The molecule has 0 aliphatic carbocycles. The number of rotatable bonds is 5. The molecule has 0 aromatic heterocycles. The number of hydrogen-bond acceptors (Lipinski definition) is 3. The SMILES string of the molecule is CCNCC1(CC2COc3ccccc32)CCOC1. The fourth-order valence-corrected chi connectivity index (χ4v) is 3.33. The van der Waals surface area contributed by atoms with Crippen LogP contribution in [0.2, 0.25) is 0 Å². The number of benzene rings is 1. The van der Waals surface area contributed by atoms with Crippen LogP contribution >= 0.6 is 0 Å². The van der Waals surface area contributed by atoms with Crippen LogP contribution in [0.25, 0.3) is 0 Å². The number of hydrogen-bond donors (Lipinski definition) is 1. The van der Waals surface area contributed by atoms with Gasteiger partial charge in [0.05, 0.1) is 13.2 Å². The summed E-state index contributed by atoms with van der Waals surface area (Å²) in [4.78, 5) is 0. The average Bonchev–Trinajstić information content (AvgIpc) is 3.06. The molecule has 3 nitrogen and oxygen atoms in total. The van der Waals surface area contributed by atoms with E-state index in [1.807, 2.05) is 6.07 Å². The molecule has 19 heavy (non-hydrogen) atoms. The molecular weight excluding hydrogens is 238 g/mol. The molecule has 2 aliphatic heterocycles. The van der Waals surface area contributed by atoms with Gasteiger partial charge in [-0.3, -0.25) is 0 Å². The molecular formula is C16H23NO2. The van der Waals surface area contributed by atoms with Gasteiger partial charge in [0.25, 0.3) is 0 Å². The van der Waals surface area contributed by atoms with Crippen LogP contribution < -0.4 is 10.1 Å². The number of para-hydroxylation sites is 1. The fraction of sp³-hybridized carbons (Fsp3) is 0.625. The quantitative estimate of drug-likeness (QED) is 0.883. The summed E-state index contributed by atoms with van der Waals surface area (Å²) in [7, 11) is 0. The summed E-state index contributed by atoms with van der Waals surface area (Å²) in [6, 6.07) is 8.46.